The molecular formula is C16H26O3. The Hall–Kier alpha value is -1.12. The van der Waals surface area contributed by atoms with E-state index in [0.717, 1.165) is 19.3 Å². The van der Waals surface area contributed by atoms with E-state index in [2.05, 4.69) is 23.8 Å². The number of carbonyl (C=O) groups is 2. The van der Waals surface area contributed by atoms with Gasteiger partial charge in [0.1, 0.15) is 0 Å². The maximum absolute atomic E-state index is 11.2. The molecule has 0 amide bonds. The molecule has 0 bridgehead atoms. The SMILES string of the molecule is C/C=C/CCCCCCCCCC1CC(=O)OC1=O. The molecule has 1 atom stereocenters. The lowest BCUT2D eigenvalue weighted by Crippen LogP contribution is -2.06. The number of carbonyl (C=O) groups excluding carboxylic acids is 2. The van der Waals surface area contributed by atoms with Gasteiger partial charge in [-0.05, 0) is 26.2 Å². The van der Waals surface area contributed by atoms with Gasteiger partial charge in [-0.25, -0.2) is 0 Å². The minimum atomic E-state index is -0.351. The van der Waals surface area contributed by atoms with Crippen LogP contribution in [0.5, 0.6) is 0 Å². The van der Waals surface area contributed by atoms with Crippen LogP contribution in [0.4, 0.5) is 0 Å². The molecule has 0 spiro atoms. The normalized spacial score (nSPS) is 19.3. The zero-order valence-corrected chi connectivity index (χ0v) is 12.0. The maximum atomic E-state index is 11.2. The number of hydrogen-bond acceptors (Lipinski definition) is 3. The summed E-state index contributed by atoms with van der Waals surface area (Å²) in [7, 11) is 0. The molecule has 1 heterocycles. The molecule has 0 N–H and O–H groups in total. The molecule has 0 aliphatic carbocycles. The van der Waals surface area contributed by atoms with Crippen molar-refractivity contribution in [2.75, 3.05) is 0 Å². The van der Waals surface area contributed by atoms with Gasteiger partial charge in [-0.15, -0.1) is 0 Å². The molecule has 0 aromatic carbocycles. The van der Waals surface area contributed by atoms with Gasteiger partial charge in [0.15, 0.2) is 0 Å². The Bertz CT molecular complexity index is 307. The number of unbranched alkanes of at least 4 members (excludes halogenated alkanes) is 7. The number of rotatable bonds is 10. The second kappa shape index (κ2) is 9.76. The lowest BCUT2D eigenvalue weighted by atomic mass is 9.99. The minimum absolute atomic E-state index is 0.159. The second-order valence-electron chi connectivity index (χ2n) is 5.32. The average molecular weight is 266 g/mol. The molecule has 0 radical (unpaired) electrons. The quantitative estimate of drug-likeness (QED) is 0.258. The van der Waals surface area contributed by atoms with Crippen LogP contribution in [0.25, 0.3) is 0 Å². The third kappa shape index (κ3) is 7.14. The number of hydrogen-bond donors (Lipinski definition) is 0. The number of cyclic esters (lactones) is 2. The topological polar surface area (TPSA) is 43.4 Å². The van der Waals surface area contributed by atoms with Gasteiger partial charge in [0, 0.05) is 0 Å². The summed E-state index contributed by atoms with van der Waals surface area (Å²) in [5.74, 6) is -0.821. The number of ether oxygens (including phenoxy) is 1. The first-order chi connectivity index (χ1) is 9.24. The van der Waals surface area contributed by atoms with Gasteiger partial charge in [-0.1, -0.05) is 50.7 Å². The van der Waals surface area contributed by atoms with Gasteiger partial charge in [-0.3, -0.25) is 9.59 Å². The molecule has 1 aliphatic heterocycles. The van der Waals surface area contributed by atoms with Crippen LogP contribution in [0.3, 0.4) is 0 Å². The Balaban J connectivity index is 1.86. The van der Waals surface area contributed by atoms with Crippen LogP contribution in [0.1, 0.15) is 71.1 Å². The molecule has 1 aliphatic rings. The van der Waals surface area contributed by atoms with Gasteiger partial charge in [0.2, 0.25) is 0 Å². The fourth-order valence-corrected chi connectivity index (χ4v) is 2.45. The lowest BCUT2D eigenvalue weighted by molar-refractivity contribution is -0.153. The average Bonchev–Trinajstić information content (AvgIpc) is 2.70. The summed E-state index contributed by atoms with van der Waals surface area (Å²) >= 11 is 0. The van der Waals surface area contributed by atoms with Crippen molar-refractivity contribution in [3.05, 3.63) is 12.2 Å². The van der Waals surface area contributed by atoms with Crippen LogP contribution in [-0.2, 0) is 14.3 Å². The molecule has 1 unspecified atom stereocenters. The van der Waals surface area contributed by atoms with Gasteiger partial charge in [0.05, 0.1) is 12.3 Å². The first-order valence-electron chi connectivity index (χ1n) is 7.59. The molecule has 1 fully saturated rings. The predicted molar refractivity (Wildman–Crippen MR) is 75.6 cm³/mol. The summed E-state index contributed by atoms with van der Waals surface area (Å²) in [4.78, 5) is 22.1. The molecule has 3 heteroatoms. The van der Waals surface area contributed by atoms with E-state index in [1.807, 2.05) is 0 Å². The zero-order valence-electron chi connectivity index (χ0n) is 12.0. The molecule has 108 valence electrons. The fourth-order valence-electron chi connectivity index (χ4n) is 2.45. The van der Waals surface area contributed by atoms with E-state index in [1.54, 1.807) is 0 Å². The highest BCUT2D eigenvalue weighted by Gasteiger charge is 2.32. The van der Waals surface area contributed by atoms with Crippen molar-refractivity contribution in [3.8, 4) is 0 Å². The Morgan fingerprint density at radius 3 is 2.26 bits per heavy atom. The smallest absolute Gasteiger partial charge is 0.317 e. The van der Waals surface area contributed by atoms with Crippen molar-refractivity contribution >= 4 is 11.9 Å². The van der Waals surface area contributed by atoms with E-state index in [9.17, 15) is 9.59 Å². The van der Waals surface area contributed by atoms with Crippen molar-refractivity contribution in [1.82, 2.24) is 0 Å². The van der Waals surface area contributed by atoms with E-state index in [1.165, 1.54) is 38.5 Å². The maximum Gasteiger partial charge on any atom is 0.317 e. The third-order valence-corrected chi connectivity index (χ3v) is 3.62. The Labute approximate surface area is 116 Å². The second-order valence-corrected chi connectivity index (χ2v) is 5.32. The highest BCUT2D eigenvalue weighted by molar-refractivity contribution is 5.94. The zero-order chi connectivity index (χ0) is 13.9. The summed E-state index contributed by atoms with van der Waals surface area (Å²) < 4.78 is 4.53. The molecule has 1 saturated heterocycles. The summed E-state index contributed by atoms with van der Waals surface area (Å²) in [6, 6.07) is 0. The van der Waals surface area contributed by atoms with Crippen molar-refractivity contribution in [2.45, 2.75) is 71.1 Å². The van der Waals surface area contributed by atoms with E-state index >= 15 is 0 Å². The van der Waals surface area contributed by atoms with Crippen molar-refractivity contribution in [3.63, 3.8) is 0 Å². The highest BCUT2D eigenvalue weighted by atomic mass is 16.6. The molecule has 1 rings (SSSR count). The Morgan fingerprint density at radius 1 is 1.05 bits per heavy atom. The summed E-state index contributed by atoms with van der Waals surface area (Å²) in [6.07, 6.45) is 15.3. The first-order valence-corrected chi connectivity index (χ1v) is 7.59. The summed E-state index contributed by atoms with van der Waals surface area (Å²) in [6.45, 7) is 2.06. The van der Waals surface area contributed by atoms with Gasteiger partial charge < -0.3 is 4.74 Å². The first kappa shape index (κ1) is 15.9. The summed E-state index contributed by atoms with van der Waals surface area (Å²) in [5.41, 5.74) is 0. The molecule has 0 saturated carbocycles. The molecule has 0 aromatic heterocycles. The van der Waals surface area contributed by atoms with Crippen molar-refractivity contribution in [1.29, 1.82) is 0 Å². The van der Waals surface area contributed by atoms with E-state index < -0.39 is 0 Å². The van der Waals surface area contributed by atoms with Gasteiger partial charge >= 0.3 is 11.9 Å². The number of allylic oxidation sites excluding steroid dienone is 2. The minimum Gasteiger partial charge on any atom is -0.393 e. The van der Waals surface area contributed by atoms with Crippen molar-refractivity contribution < 1.29 is 14.3 Å². The standard InChI is InChI=1S/C16H26O3/c1-2-3-4-5-6-7-8-9-10-11-12-14-13-15(17)19-16(14)18/h2-3,14H,4-13H2,1H3/b3-2+. The van der Waals surface area contributed by atoms with Crippen LogP contribution in [0.2, 0.25) is 0 Å². The van der Waals surface area contributed by atoms with E-state index in [0.29, 0.717) is 6.42 Å². The van der Waals surface area contributed by atoms with Gasteiger partial charge in [0.25, 0.3) is 0 Å². The van der Waals surface area contributed by atoms with Crippen LogP contribution < -0.4 is 0 Å². The lowest BCUT2D eigenvalue weighted by Gasteiger charge is -2.04. The Morgan fingerprint density at radius 2 is 1.68 bits per heavy atom. The van der Waals surface area contributed by atoms with Crippen LogP contribution in [-0.4, -0.2) is 11.9 Å². The molecule has 19 heavy (non-hydrogen) atoms. The van der Waals surface area contributed by atoms with Gasteiger partial charge in [-0.2, -0.15) is 0 Å². The van der Waals surface area contributed by atoms with Crippen molar-refractivity contribution in [2.24, 2.45) is 5.92 Å². The monoisotopic (exact) mass is 266 g/mol. The largest absolute Gasteiger partial charge is 0.393 e. The molecule has 0 aromatic rings. The Kier molecular flexibility index (Phi) is 8.19. The summed E-state index contributed by atoms with van der Waals surface area (Å²) in [5, 5.41) is 0. The predicted octanol–water partition coefficient (Wildman–Crippen LogP) is 4.16. The van der Waals surface area contributed by atoms with Crippen LogP contribution in [0, 0.1) is 5.92 Å². The van der Waals surface area contributed by atoms with E-state index in [4.69, 9.17) is 0 Å². The highest BCUT2D eigenvalue weighted by Crippen LogP contribution is 2.22. The fraction of sp³-hybridized carbons (Fsp3) is 0.750. The molecular weight excluding hydrogens is 240 g/mol. The number of esters is 2. The van der Waals surface area contributed by atoms with Crippen LogP contribution >= 0.6 is 0 Å². The van der Waals surface area contributed by atoms with E-state index in [-0.39, 0.29) is 17.9 Å². The van der Waals surface area contributed by atoms with Crippen LogP contribution in [0.15, 0.2) is 12.2 Å². The third-order valence-electron chi connectivity index (χ3n) is 3.62. The molecule has 3 nitrogen and oxygen atoms in total.